The van der Waals surface area contributed by atoms with Crippen molar-refractivity contribution in [3.05, 3.63) is 56.0 Å². The first-order valence-electron chi connectivity index (χ1n) is 5.47. The number of carbonyl (C=O) groups is 1. The molecule has 7 heteroatoms. The van der Waals surface area contributed by atoms with Crippen molar-refractivity contribution in [2.24, 2.45) is 0 Å². The molecule has 1 N–H and O–H groups in total. The van der Waals surface area contributed by atoms with Gasteiger partial charge in [-0.2, -0.15) is 0 Å². The summed E-state index contributed by atoms with van der Waals surface area (Å²) in [5.74, 6) is -0.999. The van der Waals surface area contributed by atoms with Crippen molar-refractivity contribution in [2.75, 3.05) is 5.32 Å². The van der Waals surface area contributed by atoms with Crippen molar-refractivity contribution in [1.29, 1.82) is 0 Å². The van der Waals surface area contributed by atoms with Crippen molar-refractivity contribution >= 4 is 50.7 Å². The molecule has 0 aliphatic rings. The zero-order valence-electron chi connectivity index (χ0n) is 10.2. The first kappa shape index (κ1) is 15.2. The molecule has 0 aliphatic carbocycles. The second-order valence-corrected chi connectivity index (χ2v) is 5.70. The molecule has 1 heterocycles. The second kappa shape index (κ2) is 6.08. The van der Waals surface area contributed by atoms with Crippen LogP contribution in [0, 0.1) is 12.7 Å². The number of nitrogens with one attached hydrogen (secondary N) is 1. The molecule has 0 saturated heterocycles. The van der Waals surface area contributed by atoms with E-state index in [0.29, 0.717) is 15.7 Å². The number of pyridine rings is 1. The van der Waals surface area contributed by atoms with Gasteiger partial charge in [-0.15, -0.1) is 0 Å². The van der Waals surface area contributed by atoms with Gasteiger partial charge in [0.15, 0.2) is 5.15 Å². The lowest BCUT2D eigenvalue weighted by molar-refractivity contribution is 0.102. The molecule has 1 aromatic carbocycles. The van der Waals surface area contributed by atoms with E-state index in [0.717, 1.165) is 6.07 Å². The van der Waals surface area contributed by atoms with Crippen LogP contribution in [-0.2, 0) is 0 Å². The zero-order chi connectivity index (χ0) is 14.9. The highest BCUT2D eigenvalue weighted by Crippen LogP contribution is 2.27. The van der Waals surface area contributed by atoms with Gasteiger partial charge in [-0.1, -0.05) is 39.1 Å². The predicted molar refractivity (Wildman–Crippen MR) is 81.0 cm³/mol. The summed E-state index contributed by atoms with van der Waals surface area (Å²) < 4.78 is 13.7. The minimum atomic E-state index is -0.512. The summed E-state index contributed by atoms with van der Waals surface area (Å²) in [4.78, 5) is 15.9. The Kier molecular flexibility index (Phi) is 4.62. The lowest BCUT2D eigenvalue weighted by Gasteiger charge is -2.10. The Hall–Kier alpha value is -1.17. The number of hydrogen-bond donors (Lipinski definition) is 1. The van der Waals surface area contributed by atoms with Gasteiger partial charge in [0.2, 0.25) is 0 Å². The van der Waals surface area contributed by atoms with Crippen LogP contribution in [0.25, 0.3) is 0 Å². The van der Waals surface area contributed by atoms with Crippen LogP contribution < -0.4 is 5.32 Å². The number of nitrogens with zero attached hydrogens (tertiary/aromatic N) is 1. The fraction of sp³-hybridized carbons (Fsp3) is 0.0769. The summed E-state index contributed by atoms with van der Waals surface area (Å²) in [5, 5.41) is 2.91. The minimum Gasteiger partial charge on any atom is -0.319 e. The lowest BCUT2D eigenvalue weighted by atomic mass is 10.2. The molecule has 0 spiro atoms. The molecule has 0 aliphatic heterocycles. The summed E-state index contributed by atoms with van der Waals surface area (Å²) in [6, 6.07) is 5.47. The normalized spacial score (nSPS) is 10.4. The Morgan fingerprint density at radius 2 is 2.00 bits per heavy atom. The quantitative estimate of drug-likeness (QED) is 0.760. The van der Waals surface area contributed by atoms with Crippen molar-refractivity contribution in [3.63, 3.8) is 0 Å². The third kappa shape index (κ3) is 3.48. The van der Waals surface area contributed by atoms with Gasteiger partial charge >= 0.3 is 0 Å². The molecule has 1 aromatic heterocycles. The molecule has 2 aromatic rings. The molecule has 0 unspecified atom stereocenters. The monoisotopic (exact) mass is 376 g/mol. The van der Waals surface area contributed by atoms with E-state index < -0.39 is 11.7 Å². The van der Waals surface area contributed by atoms with E-state index in [1.54, 1.807) is 13.0 Å². The first-order valence-corrected chi connectivity index (χ1v) is 7.02. The van der Waals surface area contributed by atoms with Crippen molar-refractivity contribution in [2.45, 2.75) is 6.92 Å². The average molecular weight is 378 g/mol. The largest absolute Gasteiger partial charge is 0.319 e. The number of halogens is 4. The SMILES string of the molecule is Cc1cc(Cl)nc(Cl)c1NC(=O)c1cc(F)cc(Br)c1. The Morgan fingerprint density at radius 1 is 1.30 bits per heavy atom. The van der Waals surface area contributed by atoms with Crippen LogP contribution >= 0.6 is 39.1 Å². The van der Waals surface area contributed by atoms with E-state index in [9.17, 15) is 9.18 Å². The van der Waals surface area contributed by atoms with Crippen molar-refractivity contribution in [1.82, 2.24) is 4.98 Å². The standard InChI is InChI=1S/C13H8BrCl2FN2O/c1-6-2-10(15)18-12(16)11(6)19-13(20)7-3-8(14)5-9(17)4-7/h2-5H,1H3,(H,19,20). The summed E-state index contributed by atoms with van der Waals surface area (Å²) in [6.45, 7) is 1.73. The van der Waals surface area contributed by atoms with Gasteiger partial charge in [-0.05, 0) is 36.8 Å². The molecular weight excluding hydrogens is 370 g/mol. The number of rotatable bonds is 2. The van der Waals surface area contributed by atoms with Crippen LogP contribution in [0.2, 0.25) is 10.3 Å². The Morgan fingerprint density at radius 3 is 2.60 bits per heavy atom. The topological polar surface area (TPSA) is 42.0 Å². The Bertz CT molecular complexity index is 651. The molecule has 20 heavy (non-hydrogen) atoms. The second-order valence-electron chi connectivity index (χ2n) is 4.04. The van der Waals surface area contributed by atoms with Crippen LogP contribution in [0.4, 0.5) is 10.1 Å². The van der Waals surface area contributed by atoms with Crippen molar-refractivity contribution < 1.29 is 9.18 Å². The summed E-state index contributed by atoms with van der Waals surface area (Å²) in [6.07, 6.45) is 0. The number of aromatic nitrogens is 1. The molecule has 0 saturated carbocycles. The van der Waals surface area contributed by atoms with E-state index in [1.807, 2.05) is 0 Å². The molecule has 104 valence electrons. The highest BCUT2D eigenvalue weighted by Gasteiger charge is 2.14. The smallest absolute Gasteiger partial charge is 0.255 e. The molecule has 2 rings (SSSR count). The van der Waals surface area contributed by atoms with Gasteiger partial charge in [-0.25, -0.2) is 9.37 Å². The first-order chi connectivity index (χ1) is 9.36. The van der Waals surface area contributed by atoms with Crippen LogP contribution in [0.1, 0.15) is 15.9 Å². The van der Waals surface area contributed by atoms with Crippen LogP contribution in [0.15, 0.2) is 28.7 Å². The van der Waals surface area contributed by atoms with Crippen molar-refractivity contribution in [3.8, 4) is 0 Å². The number of carbonyl (C=O) groups excluding carboxylic acids is 1. The fourth-order valence-corrected chi connectivity index (χ4v) is 2.66. The van der Waals surface area contributed by atoms with Crippen LogP contribution in [-0.4, -0.2) is 10.9 Å². The molecular formula is C13H8BrCl2FN2O. The highest BCUT2D eigenvalue weighted by atomic mass is 79.9. The summed E-state index contributed by atoms with van der Waals surface area (Å²) in [5.41, 5.74) is 1.18. The summed E-state index contributed by atoms with van der Waals surface area (Å²) >= 11 is 14.8. The van der Waals surface area contributed by atoms with E-state index in [4.69, 9.17) is 23.2 Å². The molecule has 0 bridgehead atoms. The van der Waals surface area contributed by atoms with E-state index in [1.165, 1.54) is 12.1 Å². The summed E-state index contributed by atoms with van der Waals surface area (Å²) in [7, 11) is 0. The van der Waals surface area contributed by atoms with Crippen LogP contribution in [0.3, 0.4) is 0 Å². The van der Waals surface area contributed by atoms with Gasteiger partial charge in [0.1, 0.15) is 11.0 Å². The maximum Gasteiger partial charge on any atom is 0.255 e. The van der Waals surface area contributed by atoms with E-state index in [-0.39, 0.29) is 15.9 Å². The van der Waals surface area contributed by atoms with E-state index in [2.05, 4.69) is 26.2 Å². The molecule has 0 atom stereocenters. The molecule has 1 amide bonds. The Balaban J connectivity index is 2.32. The molecule has 0 radical (unpaired) electrons. The van der Waals surface area contributed by atoms with Gasteiger partial charge in [0.05, 0.1) is 5.69 Å². The Labute approximate surface area is 133 Å². The number of benzene rings is 1. The van der Waals surface area contributed by atoms with Gasteiger partial charge in [0, 0.05) is 10.0 Å². The lowest BCUT2D eigenvalue weighted by Crippen LogP contribution is -2.14. The number of anilines is 1. The van der Waals surface area contributed by atoms with Gasteiger partial charge in [0.25, 0.3) is 5.91 Å². The fourth-order valence-electron chi connectivity index (χ4n) is 1.62. The number of amides is 1. The third-order valence-electron chi connectivity index (χ3n) is 2.50. The number of hydrogen-bond acceptors (Lipinski definition) is 2. The minimum absolute atomic E-state index is 0.0822. The molecule has 0 fully saturated rings. The van der Waals surface area contributed by atoms with Gasteiger partial charge < -0.3 is 5.32 Å². The third-order valence-corrected chi connectivity index (χ3v) is 3.43. The zero-order valence-corrected chi connectivity index (χ0v) is 13.3. The van der Waals surface area contributed by atoms with Crippen LogP contribution in [0.5, 0.6) is 0 Å². The maximum atomic E-state index is 13.3. The highest BCUT2D eigenvalue weighted by molar-refractivity contribution is 9.10. The van der Waals surface area contributed by atoms with E-state index >= 15 is 0 Å². The maximum absolute atomic E-state index is 13.3. The number of aryl methyl sites for hydroxylation is 1. The average Bonchev–Trinajstić information content (AvgIpc) is 2.32. The van der Waals surface area contributed by atoms with Gasteiger partial charge in [-0.3, -0.25) is 4.79 Å². The predicted octanol–water partition coefficient (Wildman–Crippen LogP) is 4.85. The molecule has 3 nitrogen and oxygen atoms in total.